The van der Waals surface area contributed by atoms with Crippen LogP contribution in [0.4, 0.5) is 8.78 Å². The van der Waals surface area contributed by atoms with E-state index in [9.17, 15) is 8.78 Å². The van der Waals surface area contributed by atoms with Crippen molar-refractivity contribution in [3.05, 3.63) is 48.1 Å². The summed E-state index contributed by atoms with van der Waals surface area (Å²) in [5, 5.41) is 0. The standard InChI is InChI=1S/C11H12F2O/c12-11(13)7-4-8-14-9-10-5-2-1-3-6-10/h1-3,5-7H,4,8-9H2. The van der Waals surface area contributed by atoms with Crippen LogP contribution in [0.1, 0.15) is 12.0 Å². The lowest BCUT2D eigenvalue weighted by atomic mass is 10.2. The molecule has 0 aliphatic carbocycles. The molecule has 0 amide bonds. The highest BCUT2D eigenvalue weighted by Crippen LogP contribution is 2.02. The van der Waals surface area contributed by atoms with Crippen LogP contribution in [0.25, 0.3) is 0 Å². The van der Waals surface area contributed by atoms with Crippen molar-refractivity contribution in [2.45, 2.75) is 13.0 Å². The van der Waals surface area contributed by atoms with Crippen LogP contribution in [0.2, 0.25) is 0 Å². The zero-order chi connectivity index (χ0) is 10.2. The molecular weight excluding hydrogens is 186 g/mol. The number of hydrogen-bond donors (Lipinski definition) is 0. The molecule has 0 saturated heterocycles. The number of hydrogen-bond acceptors (Lipinski definition) is 1. The average molecular weight is 198 g/mol. The molecule has 0 bridgehead atoms. The van der Waals surface area contributed by atoms with Crippen molar-refractivity contribution in [1.29, 1.82) is 0 Å². The molecule has 0 spiro atoms. The first-order chi connectivity index (χ1) is 6.79. The molecule has 0 fully saturated rings. The molecule has 0 aliphatic rings. The highest BCUT2D eigenvalue weighted by atomic mass is 19.3. The van der Waals surface area contributed by atoms with E-state index in [0.717, 1.165) is 11.6 Å². The topological polar surface area (TPSA) is 9.23 Å². The van der Waals surface area contributed by atoms with Gasteiger partial charge < -0.3 is 4.74 Å². The smallest absolute Gasteiger partial charge is 0.266 e. The maximum atomic E-state index is 11.6. The van der Waals surface area contributed by atoms with Crippen LogP contribution in [0, 0.1) is 0 Å². The summed E-state index contributed by atoms with van der Waals surface area (Å²) in [5.41, 5.74) is 1.05. The van der Waals surface area contributed by atoms with E-state index in [1.54, 1.807) is 0 Å². The molecule has 1 aromatic rings. The van der Waals surface area contributed by atoms with Gasteiger partial charge >= 0.3 is 0 Å². The van der Waals surface area contributed by atoms with Crippen molar-refractivity contribution in [2.24, 2.45) is 0 Å². The van der Waals surface area contributed by atoms with Gasteiger partial charge in [0, 0.05) is 0 Å². The number of benzene rings is 1. The van der Waals surface area contributed by atoms with Crippen LogP contribution in [-0.2, 0) is 11.3 Å². The van der Waals surface area contributed by atoms with Gasteiger partial charge in [-0.05, 0) is 18.1 Å². The molecule has 1 rings (SSSR count). The summed E-state index contributed by atoms with van der Waals surface area (Å²) in [6, 6.07) is 9.63. The van der Waals surface area contributed by atoms with Crippen LogP contribution in [-0.4, -0.2) is 6.61 Å². The molecule has 0 atom stereocenters. The summed E-state index contributed by atoms with van der Waals surface area (Å²) >= 11 is 0. The molecule has 0 aromatic heterocycles. The van der Waals surface area contributed by atoms with Gasteiger partial charge in [0.25, 0.3) is 6.08 Å². The molecule has 0 unspecified atom stereocenters. The Hall–Kier alpha value is -1.22. The fraction of sp³-hybridized carbons (Fsp3) is 0.273. The highest BCUT2D eigenvalue weighted by Gasteiger charge is 1.91. The zero-order valence-electron chi connectivity index (χ0n) is 7.75. The van der Waals surface area contributed by atoms with Gasteiger partial charge in [0.2, 0.25) is 0 Å². The Labute approximate surface area is 82.0 Å². The Balaban J connectivity index is 2.14. The number of rotatable bonds is 5. The third kappa shape index (κ3) is 4.72. The van der Waals surface area contributed by atoms with Gasteiger partial charge in [-0.25, -0.2) is 0 Å². The maximum Gasteiger partial charge on any atom is 0.266 e. The Morgan fingerprint density at radius 2 is 1.93 bits per heavy atom. The molecular formula is C11H12F2O. The van der Waals surface area contributed by atoms with Crippen LogP contribution in [0.3, 0.4) is 0 Å². The first-order valence-corrected chi connectivity index (χ1v) is 4.42. The van der Waals surface area contributed by atoms with E-state index in [-0.39, 0.29) is 6.42 Å². The summed E-state index contributed by atoms with van der Waals surface area (Å²) in [7, 11) is 0. The van der Waals surface area contributed by atoms with Crippen LogP contribution in [0.5, 0.6) is 0 Å². The summed E-state index contributed by atoms with van der Waals surface area (Å²) in [6.45, 7) is 0.800. The predicted molar refractivity (Wildman–Crippen MR) is 51.0 cm³/mol. The monoisotopic (exact) mass is 198 g/mol. The molecule has 0 saturated carbocycles. The van der Waals surface area contributed by atoms with Gasteiger partial charge in [0.15, 0.2) is 0 Å². The summed E-state index contributed by atoms with van der Waals surface area (Å²) in [6.07, 6.45) is -0.520. The Morgan fingerprint density at radius 3 is 2.57 bits per heavy atom. The molecule has 0 N–H and O–H groups in total. The molecule has 3 heteroatoms. The van der Waals surface area contributed by atoms with Crippen molar-refractivity contribution in [3.8, 4) is 0 Å². The lowest BCUT2D eigenvalue weighted by Gasteiger charge is -2.01. The highest BCUT2D eigenvalue weighted by molar-refractivity contribution is 5.13. The van der Waals surface area contributed by atoms with Crippen molar-refractivity contribution in [3.63, 3.8) is 0 Å². The van der Waals surface area contributed by atoms with E-state index in [1.165, 1.54) is 0 Å². The van der Waals surface area contributed by atoms with Crippen molar-refractivity contribution in [2.75, 3.05) is 6.61 Å². The van der Waals surface area contributed by atoms with Gasteiger partial charge in [-0.2, -0.15) is 8.78 Å². The van der Waals surface area contributed by atoms with Gasteiger partial charge in [-0.1, -0.05) is 30.3 Å². The summed E-state index contributed by atoms with van der Waals surface area (Å²) in [4.78, 5) is 0. The normalized spacial score (nSPS) is 9.86. The zero-order valence-corrected chi connectivity index (χ0v) is 7.75. The second-order valence-corrected chi connectivity index (χ2v) is 2.82. The minimum Gasteiger partial charge on any atom is -0.376 e. The molecule has 0 radical (unpaired) electrons. The van der Waals surface area contributed by atoms with Gasteiger partial charge in [-0.3, -0.25) is 0 Å². The molecule has 1 aromatic carbocycles. The first kappa shape index (κ1) is 10.9. The molecule has 76 valence electrons. The van der Waals surface area contributed by atoms with Gasteiger partial charge in [0.1, 0.15) is 0 Å². The quantitative estimate of drug-likeness (QED) is 0.659. The minimum atomic E-state index is -1.65. The fourth-order valence-corrected chi connectivity index (χ4v) is 1.02. The maximum absolute atomic E-state index is 11.6. The third-order valence-corrected chi connectivity index (χ3v) is 1.67. The van der Waals surface area contributed by atoms with E-state index < -0.39 is 6.08 Å². The fourth-order valence-electron chi connectivity index (χ4n) is 1.02. The van der Waals surface area contributed by atoms with Crippen molar-refractivity contribution >= 4 is 0 Å². The van der Waals surface area contributed by atoms with E-state index >= 15 is 0 Å². The van der Waals surface area contributed by atoms with Crippen LogP contribution in [0.15, 0.2) is 42.5 Å². The molecule has 0 heterocycles. The van der Waals surface area contributed by atoms with E-state index in [0.29, 0.717) is 13.2 Å². The van der Waals surface area contributed by atoms with Crippen molar-refractivity contribution < 1.29 is 13.5 Å². The minimum absolute atomic E-state index is 0.259. The van der Waals surface area contributed by atoms with Gasteiger partial charge in [-0.15, -0.1) is 0 Å². The van der Waals surface area contributed by atoms with Crippen LogP contribution >= 0.6 is 0 Å². The summed E-state index contributed by atoms with van der Waals surface area (Å²) < 4.78 is 28.4. The lowest BCUT2D eigenvalue weighted by Crippen LogP contribution is -1.93. The lowest BCUT2D eigenvalue weighted by molar-refractivity contribution is 0.124. The Kier molecular flexibility index (Phi) is 4.86. The number of halogens is 2. The largest absolute Gasteiger partial charge is 0.376 e. The number of ether oxygens (including phenoxy) is 1. The predicted octanol–water partition coefficient (Wildman–Crippen LogP) is 3.37. The Bertz CT molecular complexity index is 279. The molecule has 14 heavy (non-hydrogen) atoms. The van der Waals surface area contributed by atoms with Gasteiger partial charge in [0.05, 0.1) is 13.2 Å². The van der Waals surface area contributed by atoms with E-state index in [2.05, 4.69) is 0 Å². The average Bonchev–Trinajstić information content (AvgIpc) is 2.18. The molecule has 1 nitrogen and oxygen atoms in total. The third-order valence-electron chi connectivity index (χ3n) is 1.67. The SMILES string of the molecule is FC(F)=CCCOCc1ccccc1. The summed E-state index contributed by atoms with van der Waals surface area (Å²) in [5.74, 6) is 0. The van der Waals surface area contributed by atoms with Crippen LogP contribution < -0.4 is 0 Å². The van der Waals surface area contributed by atoms with E-state index in [4.69, 9.17) is 4.74 Å². The second-order valence-electron chi connectivity index (χ2n) is 2.82. The van der Waals surface area contributed by atoms with E-state index in [1.807, 2.05) is 30.3 Å². The Morgan fingerprint density at radius 1 is 1.21 bits per heavy atom. The second kappa shape index (κ2) is 6.27. The van der Waals surface area contributed by atoms with Crippen molar-refractivity contribution in [1.82, 2.24) is 0 Å². The first-order valence-electron chi connectivity index (χ1n) is 4.42. The molecule has 0 aliphatic heterocycles.